The number of para-hydroxylation sites is 3. The molecule has 0 unspecified atom stereocenters. The Kier molecular flexibility index (Phi) is 4.42. The highest BCUT2D eigenvalue weighted by atomic mass is 16.5. The molecule has 3 heteroatoms. The molecule has 2 aromatic carbocycles. The number of hydrogen-bond acceptors (Lipinski definition) is 3. The average Bonchev–Trinajstić information content (AvgIpc) is 2.47. The van der Waals surface area contributed by atoms with Gasteiger partial charge in [0.2, 0.25) is 0 Å². The van der Waals surface area contributed by atoms with Gasteiger partial charge in [0.05, 0.1) is 7.11 Å². The Morgan fingerprint density at radius 2 is 1.53 bits per heavy atom. The van der Waals surface area contributed by atoms with E-state index < -0.39 is 0 Å². The van der Waals surface area contributed by atoms with E-state index >= 15 is 0 Å². The third-order valence-corrected chi connectivity index (χ3v) is 3.05. The summed E-state index contributed by atoms with van der Waals surface area (Å²) in [6.07, 6.45) is 0.867. The predicted molar refractivity (Wildman–Crippen MR) is 76.7 cm³/mol. The molecule has 2 rings (SSSR count). The summed E-state index contributed by atoms with van der Waals surface area (Å²) in [4.78, 5) is 0. The summed E-state index contributed by atoms with van der Waals surface area (Å²) >= 11 is 0. The molecule has 0 spiro atoms. The van der Waals surface area contributed by atoms with Crippen molar-refractivity contribution in [1.29, 1.82) is 0 Å². The molecule has 1 atom stereocenters. The molecule has 0 amide bonds. The normalized spacial score (nSPS) is 11.9. The Balaban J connectivity index is 2.33. The van der Waals surface area contributed by atoms with Crippen LogP contribution in [0.1, 0.15) is 24.9 Å². The van der Waals surface area contributed by atoms with Crippen molar-refractivity contribution in [3.05, 3.63) is 54.1 Å². The molecule has 0 aliphatic rings. The summed E-state index contributed by atoms with van der Waals surface area (Å²) in [6, 6.07) is 15.4. The van der Waals surface area contributed by atoms with Crippen molar-refractivity contribution < 1.29 is 9.47 Å². The summed E-state index contributed by atoms with van der Waals surface area (Å²) in [5, 5.41) is 0. The second kappa shape index (κ2) is 6.25. The molecule has 0 bridgehead atoms. The lowest BCUT2D eigenvalue weighted by atomic mass is 10.0. The lowest BCUT2D eigenvalue weighted by Gasteiger charge is -2.16. The SMILES string of the molecule is CC[C@@H](N)c1ccccc1Oc1ccccc1OC. The largest absolute Gasteiger partial charge is 0.493 e. The minimum absolute atomic E-state index is 0.0223. The zero-order valence-electron chi connectivity index (χ0n) is 11.3. The Labute approximate surface area is 114 Å². The second-order valence-corrected chi connectivity index (χ2v) is 4.31. The standard InChI is InChI=1S/C16H19NO2/c1-3-13(17)12-8-4-5-9-14(12)19-16-11-7-6-10-15(16)18-2/h4-11,13H,3,17H2,1-2H3/t13-/m1/s1. The lowest BCUT2D eigenvalue weighted by molar-refractivity contribution is 0.376. The quantitative estimate of drug-likeness (QED) is 0.883. The van der Waals surface area contributed by atoms with Crippen molar-refractivity contribution >= 4 is 0 Å². The molecule has 0 saturated heterocycles. The van der Waals surface area contributed by atoms with Crippen LogP contribution in [0.25, 0.3) is 0 Å². The van der Waals surface area contributed by atoms with E-state index in [0.717, 1.165) is 17.7 Å². The first-order valence-electron chi connectivity index (χ1n) is 6.41. The van der Waals surface area contributed by atoms with Crippen LogP contribution in [0.4, 0.5) is 0 Å². The molecule has 0 heterocycles. The van der Waals surface area contributed by atoms with Crippen LogP contribution in [-0.2, 0) is 0 Å². The molecule has 100 valence electrons. The number of methoxy groups -OCH3 is 1. The molecule has 2 N–H and O–H groups in total. The van der Waals surface area contributed by atoms with E-state index in [2.05, 4.69) is 6.92 Å². The fourth-order valence-electron chi connectivity index (χ4n) is 1.92. The molecular formula is C16H19NO2. The maximum absolute atomic E-state index is 6.11. The molecule has 0 radical (unpaired) electrons. The Morgan fingerprint density at radius 1 is 0.947 bits per heavy atom. The topological polar surface area (TPSA) is 44.5 Å². The zero-order chi connectivity index (χ0) is 13.7. The van der Waals surface area contributed by atoms with E-state index in [4.69, 9.17) is 15.2 Å². The Morgan fingerprint density at radius 3 is 2.16 bits per heavy atom. The van der Waals surface area contributed by atoms with Gasteiger partial charge in [0.15, 0.2) is 11.5 Å². The number of rotatable bonds is 5. The van der Waals surface area contributed by atoms with Gasteiger partial charge in [0, 0.05) is 11.6 Å². The first-order valence-corrected chi connectivity index (χ1v) is 6.41. The minimum atomic E-state index is -0.0223. The third-order valence-electron chi connectivity index (χ3n) is 3.05. The monoisotopic (exact) mass is 257 g/mol. The van der Waals surface area contributed by atoms with Crippen molar-refractivity contribution in [3.63, 3.8) is 0 Å². The summed E-state index contributed by atoms with van der Waals surface area (Å²) < 4.78 is 11.2. The van der Waals surface area contributed by atoms with Crippen LogP contribution in [-0.4, -0.2) is 7.11 Å². The highest BCUT2D eigenvalue weighted by molar-refractivity contribution is 5.45. The molecule has 0 aliphatic heterocycles. The van der Waals surface area contributed by atoms with Gasteiger partial charge in [-0.15, -0.1) is 0 Å². The number of nitrogens with two attached hydrogens (primary N) is 1. The van der Waals surface area contributed by atoms with E-state index in [9.17, 15) is 0 Å². The summed E-state index contributed by atoms with van der Waals surface area (Å²) in [5.41, 5.74) is 7.12. The lowest BCUT2D eigenvalue weighted by Crippen LogP contribution is -2.09. The number of benzene rings is 2. The highest BCUT2D eigenvalue weighted by Crippen LogP contribution is 2.34. The van der Waals surface area contributed by atoms with Gasteiger partial charge in [0.25, 0.3) is 0 Å². The van der Waals surface area contributed by atoms with Crippen LogP contribution in [0.2, 0.25) is 0 Å². The first-order chi connectivity index (χ1) is 9.26. The minimum Gasteiger partial charge on any atom is -0.493 e. The fraction of sp³-hybridized carbons (Fsp3) is 0.250. The van der Waals surface area contributed by atoms with Crippen LogP contribution in [0.5, 0.6) is 17.2 Å². The van der Waals surface area contributed by atoms with Gasteiger partial charge in [-0.3, -0.25) is 0 Å². The van der Waals surface area contributed by atoms with Crippen LogP contribution in [0.15, 0.2) is 48.5 Å². The Bertz CT molecular complexity index is 540. The maximum atomic E-state index is 6.11. The molecule has 0 fully saturated rings. The van der Waals surface area contributed by atoms with Gasteiger partial charge in [0.1, 0.15) is 5.75 Å². The van der Waals surface area contributed by atoms with E-state index in [1.807, 2.05) is 48.5 Å². The van der Waals surface area contributed by atoms with Crippen molar-refractivity contribution in [2.24, 2.45) is 5.73 Å². The van der Waals surface area contributed by atoms with Crippen molar-refractivity contribution in [1.82, 2.24) is 0 Å². The fourth-order valence-corrected chi connectivity index (χ4v) is 1.92. The summed E-state index contributed by atoms with van der Waals surface area (Å²) in [5.74, 6) is 2.18. The second-order valence-electron chi connectivity index (χ2n) is 4.31. The average molecular weight is 257 g/mol. The Hall–Kier alpha value is -2.00. The number of ether oxygens (including phenoxy) is 2. The third kappa shape index (κ3) is 3.06. The van der Waals surface area contributed by atoms with E-state index in [1.165, 1.54) is 0 Å². The zero-order valence-corrected chi connectivity index (χ0v) is 11.3. The molecule has 2 aromatic rings. The van der Waals surface area contributed by atoms with Gasteiger partial charge in [-0.1, -0.05) is 37.3 Å². The van der Waals surface area contributed by atoms with Gasteiger partial charge in [-0.2, -0.15) is 0 Å². The summed E-state index contributed by atoms with van der Waals surface area (Å²) in [7, 11) is 1.63. The molecule has 0 aliphatic carbocycles. The van der Waals surface area contributed by atoms with Gasteiger partial charge in [-0.25, -0.2) is 0 Å². The molecule has 0 aromatic heterocycles. The smallest absolute Gasteiger partial charge is 0.169 e. The van der Waals surface area contributed by atoms with Gasteiger partial charge >= 0.3 is 0 Å². The van der Waals surface area contributed by atoms with Crippen molar-refractivity contribution in [2.75, 3.05) is 7.11 Å². The maximum Gasteiger partial charge on any atom is 0.169 e. The predicted octanol–water partition coefficient (Wildman–Crippen LogP) is 3.90. The molecule has 0 saturated carbocycles. The van der Waals surface area contributed by atoms with Crippen molar-refractivity contribution in [2.45, 2.75) is 19.4 Å². The molecular weight excluding hydrogens is 238 g/mol. The first kappa shape index (κ1) is 13.4. The van der Waals surface area contributed by atoms with Crippen molar-refractivity contribution in [3.8, 4) is 17.2 Å². The van der Waals surface area contributed by atoms with E-state index in [0.29, 0.717) is 11.5 Å². The van der Waals surface area contributed by atoms with Gasteiger partial charge in [-0.05, 0) is 24.6 Å². The van der Waals surface area contributed by atoms with Crippen LogP contribution in [0, 0.1) is 0 Å². The van der Waals surface area contributed by atoms with Crippen LogP contribution in [0.3, 0.4) is 0 Å². The molecule has 19 heavy (non-hydrogen) atoms. The summed E-state index contributed by atoms with van der Waals surface area (Å²) in [6.45, 7) is 2.06. The van der Waals surface area contributed by atoms with Crippen LogP contribution >= 0.6 is 0 Å². The van der Waals surface area contributed by atoms with E-state index in [1.54, 1.807) is 7.11 Å². The number of hydrogen-bond donors (Lipinski definition) is 1. The van der Waals surface area contributed by atoms with Crippen LogP contribution < -0.4 is 15.2 Å². The van der Waals surface area contributed by atoms with Gasteiger partial charge < -0.3 is 15.2 Å². The molecule has 3 nitrogen and oxygen atoms in total. The van der Waals surface area contributed by atoms with E-state index in [-0.39, 0.29) is 6.04 Å². The highest BCUT2D eigenvalue weighted by Gasteiger charge is 2.12.